The van der Waals surface area contributed by atoms with Crippen LogP contribution in [0.1, 0.15) is 37.7 Å². The first-order chi connectivity index (χ1) is 17.1. The summed E-state index contributed by atoms with van der Waals surface area (Å²) in [4.78, 5) is 15.1. The van der Waals surface area contributed by atoms with Gasteiger partial charge in [-0.05, 0) is 61.3 Å². The number of fused-ring (bicyclic) bond motifs is 4. The molecular formula is C24H27BrF5N5O. The van der Waals surface area contributed by atoms with E-state index in [2.05, 4.69) is 42.7 Å². The van der Waals surface area contributed by atoms with Crippen LogP contribution in [0.15, 0.2) is 10.5 Å². The SMILES string of the molecule is CN1C2CCC1CN(c1nc(OC[C@@]34CCCN3C[C@H](F)C4)nc3c(F)c(Br)c(C(F)(F)F)cc13)C2. The quantitative estimate of drug-likeness (QED) is 0.489. The van der Waals surface area contributed by atoms with Gasteiger partial charge in [0.1, 0.15) is 24.1 Å². The second-order valence-corrected chi connectivity index (χ2v) is 11.4. The van der Waals surface area contributed by atoms with Gasteiger partial charge >= 0.3 is 12.2 Å². The topological polar surface area (TPSA) is 44.7 Å². The molecule has 12 heteroatoms. The number of likely N-dealkylation sites (N-methyl/N-ethyl adjacent to an activating group) is 1. The minimum Gasteiger partial charge on any atom is -0.461 e. The lowest BCUT2D eigenvalue weighted by atomic mass is 9.95. The minimum atomic E-state index is -4.75. The van der Waals surface area contributed by atoms with Gasteiger partial charge in [0, 0.05) is 43.5 Å². The summed E-state index contributed by atoms with van der Waals surface area (Å²) >= 11 is 2.79. The molecule has 0 radical (unpaired) electrons. The van der Waals surface area contributed by atoms with E-state index in [4.69, 9.17) is 4.74 Å². The van der Waals surface area contributed by atoms with Crippen LogP contribution in [0.25, 0.3) is 10.9 Å². The molecule has 4 fully saturated rings. The summed E-state index contributed by atoms with van der Waals surface area (Å²) in [5, 5.41) is 0.00433. The number of rotatable bonds is 4. The number of hydrogen-bond acceptors (Lipinski definition) is 6. The molecular weight excluding hydrogens is 549 g/mol. The minimum absolute atomic E-state index is 0.00433. The van der Waals surface area contributed by atoms with Gasteiger partial charge in [0.05, 0.1) is 15.6 Å². The van der Waals surface area contributed by atoms with Crippen molar-refractivity contribution >= 4 is 32.7 Å². The normalized spacial score (nSPS) is 31.0. The smallest absolute Gasteiger partial charge is 0.417 e. The lowest BCUT2D eigenvalue weighted by molar-refractivity contribution is -0.138. The number of nitrogens with zero attached hydrogens (tertiary/aromatic N) is 5. The monoisotopic (exact) mass is 575 g/mol. The van der Waals surface area contributed by atoms with E-state index in [1.165, 1.54) is 0 Å². The highest BCUT2D eigenvalue weighted by atomic mass is 79.9. The van der Waals surface area contributed by atoms with Crippen LogP contribution < -0.4 is 9.64 Å². The highest BCUT2D eigenvalue weighted by Gasteiger charge is 2.49. The third kappa shape index (κ3) is 3.94. The molecule has 4 aliphatic rings. The van der Waals surface area contributed by atoms with Crippen molar-refractivity contribution < 1.29 is 26.7 Å². The van der Waals surface area contributed by atoms with Crippen LogP contribution in [-0.2, 0) is 6.18 Å². The van der Waals surface area contributed by atoms with Gasteiger partial charge < -0.3 is 9.64 Å². The predicted molar refractivity (Wildman–Crippen MR) is 128 cm³/mol. The van der Waals surface area contributed by atoms with Crippen molar-refractivity contribution in [3.8, 4) is 6.01 Å². The van der Waals surface area contributed by atoms with Gasteiger partial charge in [0.2, 0.25) is 0 Å². The van der Waals surface area contributed by atoms with Gasteiger partial charge in [-0.2, -0.15) is 23.1 Å². The molecule has 4 aliphatic heterocycles. The number of halogens is 6. The molecule has 0 N–H and O–H groups in total. The van der Waals surface area contributed by atoms with Crippen LogP contribution in [0.2, 0.25) is 0 Å². The Bertz CT molecular complexity index is 1180. The molecule has 5 heterocycles. The second kappa shape index (κ2) is 8.62. The molecule has 196 valence electrons. The Balaban J connectivity index is 1.42. The van der Waals surface area contributed by atoms with Gasteiger partial charge in [-0.3, -0.25) is 9.80 Å². The van der Waals surface area contributed by atoms with Gasteiger partial charge in [-0.1, -0.05) is 0 Å². The van der Waals surface area contributed by atoms with E-state index >= 15 is 4.39 Å². The van der Waals surface area contributed by atoms with Gasteiger partial charge in [0.25, 0.3) is 0 Å². The van der Waals surface area contributed by atoms with E-state index in [0.29, 0.717) is 26.1 Å². The third-order valence-corrected chi connectivity index (χ3v) is 9.29. The molecule has 1 aromatic heterocycles. The lowest BCUT2D eigenvalue weighted by Gasteiger charge is -2.40. The first-order valence-corrected chi connectivity index (χ1v) is 13.1. The molecule has 4 atom stereocenters. The summed E-state index contributed by atoms with van der Waals surface area (Å²) in [5.41, 5.74) is -1.79. The second-order valence-electron chi connectivity index (χ2n) is 10.6. The molecule has 6 nitrogen and oxygen atoms in total. The summed E-state index contributed by atoms with van der Waals surface area (Å²) in [6, 6.07) is 1.31. The zero-order valence-electron chi connectivity index (χ0n) is 19.8. The summed E-state index contributed by atoms with van der Waals surface area (Å²) in [5.74, 6) is -0.858. The van der Waals surface area contributed by atoms with Crippen molar-refractivity contribution in [3.63, 3.8) is 0 Å². The summed E-state index contributed by atoms with van der Waals surface area (Å²) < 4.78 is 76.0. The van der Waals surface area contributed by atoms with Crippen LogP contribution in [0.4, 0.5) is 27.8 Å². The Hall–Kier alpha value is -1.79. The number of alkyl halides is 4. The van der Waals surface area contributed by atoms with E-state index in [1.54, 1.807) is 0 Å². The Morgan fingerprint density at radius 1 is 1.17 bits per heavy atom. The van der Waals surface area contributed by atoms with E-state index in [1.807, 2.05) is 4.90 Å². The zero-order valence-corrected chi connectivity index (χ0v) is 21.4. The zero-order chi connectivity index (χ0) is 25.4. The van der Waals surface area contributed by atoms with Crippen molar-refractivity contribution in [2.75, 3.05) is 44.7 Å². The number of aromatic nitrogens is 2. The van der Waals surface area contributed by atoms with Gasteiger partial charge in [-0.15, -0.1) is 0 Å². The highest BCUT2D eigenvalue weighted by molar-refractivity contribution is 9.10. The Morgan fingerprint density at radius 2 is 1.89 bits per heavy atom. The van der Waals surface area contributed by atoms with E-state index in [0.717, 1.165) is 38.3 Å². The average molecular weight is 576 g/mol. The fourth-order valence-corrected chi connectivity index (χ4v) is 7.14. The number of benzene rings is 1. The van der Waals surface area contributed by atoms with E-state index in [9.17, 15) is 17.6 Å². The number of anilines is 1. The summed E-state index contributed by atoms with van der Waals surface area (Å²) in [6.45, 7) is 2.44. The summed E-state index contributed by atoms with van der Waals surface area (Å²) in [6.07, 6.45) is -1.64. The molecule has 2 bridgehead atoms. The summed E-state index contributed by atoms with van der Waals surface area (Å²) in [7, 11) is 2.05. The van der Waals surface area contributed by atoms with Crippen molar-refractivity contribution in [2.45, 2.75) is 62.1 Å². The Morgan fingerprint density at radius 3 is 2.58 bits per heavy atom. The van der Waals surface area contributed by atoms with Crippen LogP contribution >= 0.6 is 15.9 Å². The van der Waals surface area contributed by atoms with E-state index in [-0.39, 0.29) is 41.4 Å². The molecule has 0 amide bonds. The number of hydrogen-bond donors (Lipinski definition) is 0. The third-order valence-electron chi connectivity index (χ3n) is 8.51. The van der Waals surface area contributed by atoms with Crippen LogP contribution in [-0.4, -0.2) is 83.4 Å². The number of ether oxygens (including phenoxy) is 1. The lowest BCUT2D eigenvalue weighted by Crippen LogP contribution is -2.52. The molecule has 0 aliphatic carbocycles. The largest absolute Gasteiger partial charge is 0.461 e. The molecule has 1 aromatic carbocycles. The maximum atomic E-state index is 15.4. The fraction of sp³-hybridized carbons (Fsp3) is 0.667. The number of piperazine rings is 1. The fourth-order valence-electron chi connectivity index (χ4n) is 6.61. The molecule has 2 aromatic rings. The predicted octanol–water partition coefficient (Wildman–Crippen LogP) is 4.79. The Kier molecular flexibility index (Phi) is 5.88. The van der Waals surface area contributed by atoms with Crippen molar-refractivity contribution in [1.82, 2.24) is 19.8 Å². The maximum Gasteiger partial charge on any atom is 0.417 e. The van der Waals surface area contributed by atoms with Crippen LogP contribution in [0.5, 0.6) is 6.01 Å². The van der Waals surface area contributed by atoms with Gasteiger partial charge in [0.15, 0.2) is 5.82 Å². The van der Waals surface area contributed by atoms with Crippen molar-refractivity contribution in [3.05, 3.63) is 21.9 Å². The average Bonchev–Trinajstić information content (AvgIpc) is 3.39. The van der Waals surface area contributed by atoms with E-state index < -0.39 is 33.7 Å². The first kappa shape index (κ1) is 24.5. The first-order valence-electron chi connectivity index (χ1n) is 12.3. The van der Waals surface area contributed by atoms with Crippen LogP contribution in [0.3, 0.4) is 0 Å². The van der Waals surface area contributed by atoms with Gasteiger partial charge in [-0.25, -0.2) is 8.78 Å². The molecule has 0 saturated carbocycles. The van der Waals surface area contributed by atoms with Crippen molar-refractivity contribution in [2.24, 2.45) is 0 Å². The standard InChI is InChI=1S/C24H27BrF5N5O/c1-33-14-3-4-15(33)11-34(10-14)21-16-7-17(24(28,29)30)18(25)19(27)20(16)31-22(32-21)36-12-23-5-2-6-35(23)9-13(26)8-23/h7,13-15H,2-6,8-12H2,1H3/t13-,14?,15?,23+/m1/s1. The molecule has 4 saturated heterocycles. The van der Waals surface area contributed by atoms with Crippen LogP contribution in [0, 0.1) is 5.82 Å². The Labute approximate surface area is 213 Å². The molecule has 2 unspecified atom stereocenters. The van der Waals surface area contributed by atoms with Crippen molar-refractivity contribution in [1.29, 1.82) is 0 Å². The molecule has 6 rings (SSSR count). The highest BCUT2D eigenvalue weighted by Crippen LogP contribution is 2.43. The molecule has 36 heavy (non-hydrogen) atoms. The maximum absolute atomic E-state index is 15.4. The molecule has 0 spiro atoms.